The predicted octanol–water partition coefficient (Wildman–Crippen LogP) is 6.43. The first-order valence-corrected chi connectivity index (χ1v) is 13.5. The molecule has 0 aliphatic heterocycles. The number of halogens is 3. The van der Waals surface area contributed by atoms with E-state index in [2.05, 4.69) is 118 Å². The lowest BCUT2D eigenvalue weighted by molar-refractivity contribution is -0.567. The average molecular weight is 558 g/mol. The summed E-state index contributed by atoms with van der Waals surface area (Å²) >= 11 is 0. The number of rotatable bonds is 2. The third-order valence-electron chi connectivity index (χ3n) is 6.15. The molecule has 10 heteroatoms. The number of benzene rings is 3. The van der Waals surface area contributed by atoms with Crippen LogP contribution in [-0.4, -0.2) is 23.0 Å². The van der Waals surface area contributed by atoms with E-state index < -0.39 is 15.6 Å². The maximum atomic E-state index is 10.7. The fraction of sp³-hybridized carbons (Fsp3) is 0.310. The standard InChI is InChI=1S/C28H30N3.CHF3O3S/c1-27(2,3)21-13-15-23(16-14-21)31-19-30(25-12-7-9-20(18-29)26(25)31)24-11-8-10-22(17-24)28(4,5)6;2-1(3,4)8(5,6)7/h7-17,19H,1-6H3;(H,5,6,7)/q+1;/p-1. The molecule has 39 heavy (non-hydrogen) atoms. The van der Waals surface area contributed by atoms with Crippen molar-refractivity contribution in [1.82, 2.24) is 4.57 Å². The highest BCUT2D eigenvalue weighted by atomic mass is 32.2. The van der Waals surface area contributed by atoms with Gasteiger partial charge in [-0.1, -0.05) is 71.9 Å². The number of imidazole rings is 1. The lowest BCUT2D eigenvalue weighted by Gasteiger charge is -2.19. The lowest BCUT2D eigenvalue weighted by Crippen LogP contribution is -2.29. The number of para-hydroxylation sites is 1. The van der Waals surface area contributed by atoms with E-state index in [1.165, 1.54) is 11.1 Å². The molecule has 0 atom stereocenters. The molecule has 4 aromatic rings. The molecule has 0 N–H and O–H groups in total. The molecule has 0 fully saturated rings. The zero-order valence-corrected chi connectivity index (χ0v) is 23.4. The molecule has 0 amide bonds. The van der Waals surface area contributed by atoms with Crippen LogP contribution in [0.15, 0.2) is 73.1 Å². The van der Waals surface area contributed by atoms with Gasteiger partial charge in [0.05, 0.1) is 0 Å². The van der Waals surface area contributed by atoms with E-state index in [1.54, 1.807) is 0 Å². The van der Waals surface area contributed by atoms with Gasteiger partial charge in [0.15, 0.2) is 21.2 Å². The molecule has 206 valence electrons. The second-order valence-corrected chi connectivity index (χ2v) is 12.5. The first kappa shape index (κ1) is 29.9. The SMILES string of the molecule is CC(C)(C)c1ccc(-[n+]2cn(-c3cccc(C(C)(C)C)c3)c3cccc(C#N)c32)cc1.O=S(=O)([O-])C(F)(F)F. The van der Waals surface area contributed by atoms with Crippen LogP contribution in [0.2, 0.25) is 0 Å². The van der Waals surface area contributed by atoms with Gasteiger partial charge in [0.2, 0.25) is 0 Å². The van der Waals surface area contributed by atoms with E-state index in [0.29, 0.717) is 5.56 Å². The lowest BCUT2D eigenvalue weighted by atomic mass is 9.87. The molecule has 1 aromatic heterocycles. The van der Waals surface area contributed by atoms with Gasteiger partial charge in [-0.2, -0.15) is 27.6 Å². The van der Waals surface area contributed by atoms with Crippen LogP contribution in [0.1, 0.15) is 58.2 Å². The van der Waals surface area contributed by atoms with Crippen molar-refractivity contribution in [2.24, 2.45) is 0 Å². The minimum absolute atomic E-state index is 0.0650. The van der Waals surface area contributed by atoms with Crippen LogP contribution in [0.4, 0.5) is 13.2 Å². The van der Waals surface area contributed by atoms with Crippen molar-refractivity contribution in [1.29, 1.82) is 5.26 Å². The van der Waals surface area contributed by atoms with Gasteiger partial charge < -0.3 is 4.55 Å². The van der Waals surface area contributed by atoms with E-state index in [1.807, 2.05) is 12.1 Å². The summed E-state index contributed by atoms with van der Waals surface area (Å²) in [5.41, 5.74) is 1.85. The van der Waals surface area contributed by atoms with Gasteiger partial charge in [-0.25, -0.2) is 8.42 Å². The Morgan fingerprint density at radius 1 is 0.846 bits per heavy atom. The molecule has 0 saturated carbocycles. The van der Waals surface area contributed by atoms with E-state index in [4.69, 9.17) is 13.0 Å². The summed E-state index contributed by atoms with van der Waals surface area (Å²) in [6.45, 7) is 13.3. The van der Waals surface area contributed by atoms with E-state index in [-0.39, 0.29) is 10.8 Å². The van der Waals surface area contributed by atoms with Crippen molar-refractivity contribution >= 4 is 21.2 Å². The molecule has 4 rings (SSSR count). The topological polar surface area (TPSA) is 89.8 Å². The first-order valence-electron chi connectivity index (χ1n) is 12.0. The number of hydrogen-bond acceptors (Lipinski definition) is 4. The average Bonchev–Trinajstić information content (AvgIpc) is 3.22. The van der Waals surface area contributed by atoms with Crippen LogP contribution < -0.4 is 4.57 Å². The maximum Gasteiger partial charge on any atom is 0.485 e. The Labute approximate surface area is 226 Å². The fourth-order valence-corrected chi connectivity index (χ4v) is 3.95. The molecule has 0 bridgehead atoms. The second-order valence-electron chi connectivity index (χ2n) is 11.1. The van der Waals surface area contributed by atoms with Gasteiger partial charge >= 0.3 is 5.51 Å². The van der Waals surface area contributed by atoms with Crippen LogP contribution >= 0.6 is 0 Å². The number of nitrogens with zero attached hydrogens (tertiary/aromatic N) is 3. The minimum Gasteiger partial charge on any atom is -0.741 e. The normalized spacial score (nSPS) is 12.5. The Kier molecular flexibility index (Phi) is 8.02. The van der Waals surface area contributed by atoms with Gasteiger partial charge in [0.1, 0.15) is 23.0 Å². The molecule has 0 radical (unpaired) electrons. The smallest absolute Gasteiger partial charge is 0.485 e. The third-order valence-corrected chi connectivity index (χ3v) is 6.72. The number of fused-ring (bicyclic) bond motifs is 1. The summed E-state index contributed by atoms with van der Waals surface area (Å²) in [5, 5.41) is 9.82. The summed E-state index contributed by atoms with van der Waals surface area (Å²) < 4.78 is 63.2. The van der Waals surface area contributed by atoms with Crippen LogP contribution in [0, 0.1) is 11.3 Å². The van der Waals surface area contributed by atoms with Crippen molar-refractivity contribution in [3.63, 3.8) is 0 Å². The number of nitriles is 1. The molecule has 1 heterocycles. The quantitative estimate of drug-likeness (QED) is 0.161. The Hall–Kier alpha value is -3.68. The molecule has 3 aromatic carbocycles. The Morgan fingerprint density at radius 3 is 1.87 bits per heavy atom. The van der Waals surface area contributed by atoms with Crippen molar-refractivity contribution in [2.45, 2.75) is 57.9 Å². The predicted molar refractivity (Wildman–Crippen MR) is 143 cm³/mol. The Bertz CT molecular complexity index is 1640. The molecule has 0 unspecified atom stereocenters. The third kappa shape index (κ3) is 6.67. The van der Waals surface area contributed by atoms with Crippen LogP contribution in [0.25, 0.3) is 22.4 Å². The summed E-state index contributed by atoms with van der Waals surface area (Å²) in [4.78, 5) is 0. The van der Waals surface area contributed by atoms with Crippen LogP contribution in [-0.2, 0) is 20.9 Å². The Morgan fingerprint density at radius 2 is 1.38 bits per heavy atom. The number of alkyl halides is 3. The highest BCUT2D eigenvalue weighted by Gasteiger charge is 2.37. The molecular weight excluding hydrogens is 527 g/mol. The van der Waals surface area contributed by atoms with Gasteiger partial charge in [-0.05, 0) is 58.4 Å². The van der Waals surface area contributed by atoms with E-state index in [9.17, 15) is 18.4 Å². The largest absolute Gasteiger partial charge is 0.741 e. The highest BCUT2D eigenvalue weighted by molar-refractivity contribution is 7.86. The number of aromatic nitrogens is 2. The number of hydrogen-bond donors (Lipinski definition) is 0. The van der Waals surface area contributed by atoms with Crippen LogP contribution in [0.3, 0.4) is 0 Å². The zero-order valence-electron chi connectivity index (χ0n) is 22.5. The molecule has 0 aliphatic carbocycles. The summed E-state index contributed by atoms with van der Waals surface area (Å²) in [7, 11) is -6.09. The van der Waals surface area contributed by atoms with E-state index in [0.717, 1.165) is 22.4 Å². The van der Waals surface area contributed by atoms with Gasteiger partial charge in [-0.15, -0.1) is 0 Å². The fourth-order valence-electron chi connectivity index (χ4n) is 3.95. The monoisotopic (exact) mass is 557 g/mol. The van der Waals surface area contributed by atoms with Gasteiger partial charge in [0, 0.05) is 0 Å². The Balaban J connectivity index is 0.000000459. The zero-order chi connectivity index (χ0) is 29.4. The summed E-state index contributed by atoms with van der Waals surface area (Å²) in [6, 6.07) is 25.6. The van der Waals surface area contributed by atoms with Crippen LogP contribution in [0.5, 0.6) is 0 Å². The molecule has 6 nitrogen and oxygen atoms in total. The minimum atomic E-state index is -6.09. The van der Waals surface area contributed by atoms with Crippen molar-refractivity contribution in [3.8, 4) is 17.4 Å². The van der Waals surface area contributed by atoms with Gasteiger partial charge in [0.25, 0.3) is 6.33 Å². The van der Waals surface area contributed by atoms with Crippen molar-refractivity contribution < 1.29 is 30.7 Å². The molecular formula is C29H30F3N3O3S. The van der Waals surface area contributed by atoms with Crippen molar-refractivity contribution in [3.05, 3.63) is 89.7 Å². The molecule has 0 spiro atoms. The van der Waals surface area contributed by atoms with E-state index >= 15 is 0 Å². The first-order chi connectivity index (χ1) is 17.8. The summed E-state index contributed by atoms with van der Waals surface area (Å²) in [5.74, 6) is 0. The summed E-state index contributed by atoms with van der Waals surface area (Å²) in [6.07, 6.45) is 2.10. The van der Waals surface area contributed by atoms with Gasteiger partial charge in [-0.3, -0.25) is 0 Å². The highest BCUT2D eigenvalue weighted by Crippen LogP contribution is 2.28. The second kappa shape index (κ2) is 10.5. The molecule has 0 saturated heterocycles. The molecule has 0 aliphatic rings. The van der Waals surface area contributed by atoms with Crippen molar-refractivity contribution in [2.75, 3.05) is 0 Å². The maximum absolute atomic E-state index is 10.7.